The maximum atomic E-state index is 7.92. The summed E-state index contributed by atoms with van der Waals surface area (Å²) in [4.78, 5) is 8.60. The minimum absolute atomic E-state index is 0. The van der Waals surface area contributed by atoms with E-state index < -0.39 is 27.4 Å². The van der Waals surface area contributed by atoms with Crippen molar-refractivity contribution in [2.75, 3.05) is 0 Å². The Bertz CT molecular complexity index is 2760. The van der Waals surface area contributed by atoms with Gasteiger partial charge in [0.2, 0.25) is 6.71 Å². The number of nitrogens with zero attached hydrogens (tertiary/aromatic N) is 2. The third-order valence-electron chi connectivity index (χ3n) is 8.50. The molecule has 9 rings (SSSR count). The number of aryl methyl sites for hydroxylation is 4. The Labute approximate surface area is 324 Å². The Morgan fingerprint density at radius 2 is 1.32 bits per heavy atom. The standard InChI is InChI=1S/C25H17BNO2.C19H16N.Ir/c1-15-13-20(27-14-16(15)2)17-11-12-23-24-25(17)29-22-10-6-4-8-19(22)26(24)18-7-3-5-9-21(18)28-23;1-14-8-10-17(11-9-14)19-12-18(15(2)13-20-19)16-6-4-3-5-7-16;/h3-10,12-14H,1-2H3;3-10,12-13H,1-2H3;/q2*-1;/i2*1D3,2D3;. The topological polar surface area (TPSA) is 44.2 Å². The van der Waals surface area contributed by atoms with Gasteiger partial charge in [-0.2, -0.15) is 0 Å². The van der Waals surface area contributed by atoms with Crippen LogP contribution in [0.4, 0.5) is 0 Å². The van der Waals surface area contributed by atoms with Crippen molar-refractivity contribution < 1.29 is 46.0 Å². The van der Waals surface area contributed by atoms with Crippen LogP contribution in [0.3, 0.4) is 0 Å². The first kappa shape index (κ1) is 21.7. The van der Waals surface area contributed by atoms with Gasteiger partial charge < -0.3 is 19.4 Å². The fourth-order valence-corrected chi connectivity index (χ4v) is 6.15. The second-order valence-electron chi connectivity index (χ2n) is 11.6. The summed E-state index contributed by atoms with van der Waals surface area (Å²) in [5.74, 6) is 2.48. The van der Waals surface area contributed by atoms with Crippen molar-refractivity contribution >= 4 is 23.1 Å². The molecular weight excluding hydrogens is 792 g/mol. The molecular formula is C44H33BIrN2O2-2. The molecule has 5 aromatic carbocycles. The average Bonchev–Trinajstić information content (AvgIpc) is 3.22. The van der Waals surface area contributed by atoms with Gasteiger partial charge in [-0.1, -0.05) is 102 Å². The summed E-state index contributed by atoms with van der Waals surface area (Å²) in [6, 6.07) is 40.1. The minimum atomic E-state index is -2.63. The molecule has 2 aromatic heterocycles. The van der Waals surface area contributed by atoms with Crippen LogP contribution >= 0.6 is 0 Å². The summed E-state index contributed by atoms with van der Waals surface area (Å²) in [5.41, 5.74) is 5.78. The van der Waals surface area contributed by atoms with Gasteiger partial charge in [-0.05, 0) is 77.3 Å². The normalized spacial score (nSPS) is 16.3. The SMILES string of the molecule is [2H]C([2H])([2H])c1c[c-]c(-c2cc(-c3ccccc3)c(C([2H])([2H])[2H])cn2)cc1.[2H]C([2H])([2H])c1cnc(-c2[c-]cc3c4c2Oc2ccccc2B4c2ccccc2O3)cc1C([2H])([2H])[2H].[Ir]. The number of hydrogen-bond acceptors (Lipinski definition) is 4. The number of aromatic nitrogens is 2. The third kappa shape index (κ3) is 6.17. The molecule has 245 valence electrons. The molecule has 0 aliphatic carbocycles. The van der Waals surface area contributed by atoms with Gasteiger partial charge in [-0.15, -0.1) is 47.5 Å². The van der Waals surface area contributed by atoms with Gasteiger partial charge in [0.25, 0.3) is 0 Å². The van der Waals surface area contributed by atoms with E-state index in [2.05, 4.69) is 22.1 Å². The van der Waals surface area contributed by atoms with Gasteiger partial charge in [-0.25, -0.2) is 0 Å². The first-order valence-corrected chi connectivity index (χ1v) is 15.5. The van der Waals surface area contributed by atoms with Gasteiger partial charge in [0.1, 0.15) is 11.5 Å². The Morgan fingerprint density at radius 3 is 2.04 bits per heavy atom. The zero-order valence-corrected chi connectivity index (χ0v) is 28.6. The molecule has 4 nitrogen and oxygen atoms in total. The maximum absolute atomic E-state index is 7.92. The molecule has 2 aliphatic heterocycles. The molecule has 6 heteroatoms. The van der Waals surface area contributed by atoms with Crippen LogP contribution in [0.15, 0.2) is 128 Å². The summed E-state index contributed by atoms with van der Waals surface area (Å²) >= 11 is 0. The van der Waals surface area contributed by atoms with Gasteiger partial charge in [0.15, 0.2) is 0 Å². The molecule has 4 heterocycles. The third-order valence-corrected chi connectivity index (χ3v) is 8.50. The maximum Gasteiger partial charge on any atom is 0.239 e. The van der Waals surface area contributed by atoms with Crippen molar-refractivity contribution in [1.82, 2.24) is 9.97 Å². The molecule has 2 aliphatic rings. The number of pyridine rings is 2. The number of rotatable bonds is 3. The molecule has 0 atom stereocenters. The zero-order valence-electron chi connectivity index (χ0n) is 38.2. The Morgan fingerprint density at radius 1 is 0.620 bits per heavy atom. The number of ether oxygens (including phenoxy) is 2. The van der Waals surface area contributed by atoms with E-state index in [1.807, 2.05) is 78.9 Å². The minimum Gasteiger partial charge on any atom is -0.503 e. The number of benzene rings is 5. The first-order chi connectivity index (χ1) is 28.8. The van der Waals surface area contributed by atoms with Gasteiger partial charge in [0.05, 0.1) is 0 Å². The summed E-state index contributed by atoms with van der Waals surface area (Å²) in [6.45, 7) is -9.88. The molecule has 0 saturated heterocycles. The van der Waals surface area contributed by atoms with Crippen LogP contribution in [0.5, 0.6) is 23.0 Å². The van der Waals surface area contributed by atoms with Crippen molar-refractivity contribution in [3.63, 3.8) is 0 Å². The number of hydrogen-bond donors (Lipinski definition) is 0. The molecule has 7 aromatic rings. The van der Waals surface area contributed by atoms with E-state index >= 15 is 0 Å². The molecule has 1 radical (unpaired) electrons. The van der Waals surface area contributed by atoms with Crippen LogP contribution in [-0.4, -0.2) is 16.7 Å². The second kappa shape index (κ2) is 13.9. The molecule has 0 fully saturated rings. The molecule has 50 heavy (non-hydrogen) atoms. The van der Waals surface area contributed by atoms with Gasteiger partial charge >= 0.3 is 0 Å². The molecule has 0 N–H and O–H groups in total. The van der Waals surface area contributed by atoms with Crippen molar-refractivity contribution in [3.8, 4) is 56.6 Å². The van der Waals surface area contributed by atoms with Crippen LogP contribution in [0.25, 0.3) is 33.6 Å². The van der Waals surface area contributed by atoms with Crippen LogP contribution in [0.2, 0.25) is 0 Å². The van der Waals surface area contributed by atoms with Crippen LogP contribution in [-0.2, 0) is 20.1 Å². The average molecular weight is 837 g/mol. The fourth-order valence-electron chi connectivity index (χ4n) is 6.15. The Hall–Kier alpha value is -5.29. The van der Waals surface area contributed by atoms with Crippen LogP contribution in [0.1, 0.15) is 38.7 Å². The van der Waals surface area contributed by atoms with E-state index in [9.17, 15) is 0 Å². The van der Waals surface area contributed by atoms with E-state index in [0.29, 0.717) is 39.6 Å². The summed E-state index contributed by atoms with van der Waals surface area (Å²) < 4.78 is 105. The van der Waals surface area contributed by atoms with E-state index in [1.165, 1.54) is 24.4 Å². The molecule has 0 spiro atoms. The molecule has 0 unspecified atom stereocenters. The summed E-state index contributed by atoms with van der Waals surface area (Å²) in [7, 11) is 0. The molecule has 0 amide bonds. The van der Waals surface area contributed by atoms with Crippen molar-refractivity contribution in [1.29, 1.82) is 0 Å². The van der Waals surface area contributed by atoms with Gasteiger partial charge in [0, 0.05) is 60.4 Å². The van der Waals surface area contributed by atoms with E-state index in [-0.39, 0.29) is 54.8 Å². The van der Waals surface area contributed by atoms with Crippen molar-refractivity contribution in [3.05, 3.63) is 162 Å². The van der Waals surface area contributed by atoms with Crippen LogP contribution in [0, 0.1) is 39.5 Å². The van der Waals surface area contributed by atoms with E-state index in [4.69, 9.17) is 25.9 Å². The number of para-hydroxylation sites is 2. The van der Waals surface area contributed by atoms with Gasteiger partial charge in [-0.3, -0.25) is 0 Å². The zero-order chi connectivity index (χ0) is 43.5. The predicted octanol–water partition coefficient (Wildman–Crippen LogP) is 8.72. The van der Waals surface area contributed by atoms with Crippen molar-refractivity contribution in [2.45, 2.75) is 27.4 Å². The summed E-state index contributed by atoms with van der Waals surface area (Å²) in [6.07, 6.45) is 2.47. The summed E-state index contributed by atoms with van der Waals surface area (Å²) in [5, 5.41) is 0. The first-order valence-electron chi connectivity index (χ1n) is 21.5. The second-order valence-corrected chi connectivity index (χ2v) is 11.6. The Kier molecular flexibility index (Phi) is 6.05. The van der Waals surface area contributed by atoms with E-state index in [0.717, 1.165) is 33.9 Å². The quantitative estimate of drug-likeness (QED) is 0.132. The number of fused-ring (bicyclic) bond motifs is 4. The molecule has 0 saturated carbocycles. The Balaban J connectivity index is 0.000000192. The predicted molar refractivity (Wildman–Crippen MR) is 199 cm³/mol. The smallest absolute Gasteiger partial charge is 0.239 e. The monoisotopic (exact) mass is 837 g/mol. The molecule has 0 bridgehead atoms. The van der Waals surface area contributed by atoms with Crippen molar-refractivity contribution in [2.24, 2.45) is 0 Å². The van der Waals surface area contributed by atoms with E-state index in [1.54, 1.807) is 18.2 Å². The van der Waals surface area contributed by atoms with Crippen LogP contribution < -0.4 is 25.9 Å². The largest absolute Gasteiger partial charge is 0.503 e. The fraction of sp³-hybridized carbons (Fsp3) is 0.0909.